The van der Waals surface area contributed by atoms with Crippen molar-refractivity contribution in [1.29, 1.82) is 0 Å². The van der Waals surface area contributed by atoms with Gasteiger partial charge in [0.25, 0.3) is 0 Å². The van der Waals surface area contributed by atoms with E-state index in [0.29, 0.717) is 35.2 Å². The van der Waals surface area contributed by atoms with Crippen LogP contribution in [-0.2, 0) is 4.79 Å². The Morgan fingerprint density at radius 2 is 2.28 bits per heavy atom. The molecule has 2 rings (SSSR count). The molecule has 1 atom stereocenters. The number of alkyl halides is 1. The molecule has 0 saturated carbocycles. The Hall–Kier alpha value is -0.870. The smallest absolute Gasteiger partial charge is 0.227 e. The highest BCUT2D eigenvalue weighted by Crippen LogP contribution is 2.30. The van der Waals surface area contributed by atoms with Crippen molar-refractivity contribution in [1.82, 2.24) is 0 Å². The zero-order chi connectivity index (χ0) is 13.3. The molecule has 0 spiro atoms. The number of nitrogens with zero attached hydrogens (tertiary/aromatic N) is 1. The normalized spacial score (nSPS) is 19.4. The molecular weight excluding hydrogens is 318 g/mol. The molecule has 1 aliphatic heterocycles. The maximum Gasteiger partial charge on any atom is 0.227 e. The van der Waals surface area contributed by atoms with Gasteiger partial charge in [0.1, 0.15) is 0 Å². The number of carbonyl (C=O) groups is 2. The van der Waals surface area contributed by atoms with Gasteiger partial charge in [0.05, 0.1) is 5.69 Å². The van der Waals surface area contributed by atoms with Gasteiger partial charge in [-0.25, -0.2) is 0 Å². The standard InChI is InChI=1S/C13H13BrClNO2/c1-8(17)11-5-10(15)2-3-12(11)16-7-9(6-14)4-13(16)18/h2-3,5,9H,4,6-7H2,1H3. The van der Waals surface area contributed by atoms with E-state index in [1.807, 2.05) is 0 Å². The number of hydrogen-bond acceptors (Lipinski definition) is 2. The zero-order valence-electron chi connectivity index (χ0n) is 9.95. The highest BCUT2D eigenvalue weighted by Gasteiger charge is 2.31. The number of carbonyl (C=O) groups excluding carboxylic acids is 2. The lowest BCUT2D eigenvalue weighted by atomic mass is 10.1. The van der Waals surface area contributed by atoms with Gasteiger partial charge in [-0.15, -0.1) is 0 Å². The highest BCUT2D eigenvalue weighted by molar-refractivity contribution is 9.09. The molecule has 3 nitrogen and oxygen atoms in total. The van der Waals surface area contributed by atoms with E-state index in [1.54, 1.807) is 23.1 Å². The van der Waals surface area contributed by atoms with Crippen molar-refractivity contribution in [3.8, 4) is 0 Å². The van der Waals surface area contributed by atoms with Crippen molar-refractivity contribution >= 4 is 44.9 Å². The van der Waals surface area contributed by atoms with Gasteiger partial charge in [0, 0.05) is 28.9 Å². The van der Waals surface area contributed by atoms with E-state index in [0.717, 1.165) is 5.33 Å². The van der Waals surface area contributed by atoms with Crippen LogP contribution in [0.4, 0.5) is 5.69 Å². The van der Waals surface area contributed by atoms with Crippen LogP contribution in [0.3, 0.4) is 0 Å². The van der Waals surface area contributed by atoms with Crippen LogP contribution in [-0.4, -0.2) is 23.6 Å². The first-order chi connectivity index (χ1) is 8.52. The number of hydrogen-bond donors (Lipinski definition) is 0. The average molecular weight is 331 g/mol. The van der Waals surface area contributed by atoms with Gasteiger partial charge in [-0.2, -0.15) is 0 Å². The van der Waals surface area contributed by atoms with Gasteiger partial charge in [-0.1, -0.05) is 27.5 Å². The number of halogens is 2. The molecule has 96 valence electrons. The molecule has 0 N–H and O–H groups in total. The Bertz CT molecular complexity index is 504. The maximum atomic E-state index is 12.0. The van der Waals surface area contributed by atoms with Crippen molar-refractivity contribution in [2.24, 2.45) is 5.92 Å². The van der Waals surface area contributed by atoms with Gasteiger partial charge in [-0.3, -0.25) is 9.59 Å². The van der Waals surface area contributed by atoms with Crippen molar-refractivity contribution < 1.29 is 9.59 Å². The van der Waals surface area contributed by atoms with Crippen LogP contribution in [0.25, 0.3) is 0 Å². The van der Waals surface area contributed by atoms with E-state index in [-0.39, 0.29) is 11.7 Å². The van der Waals surface area contributed by atoms with Crippen molar-refractivity contribution in [3.05, 3.63) is 28.8 Å². The fraction of sp³-hybridized carbons (Fsp3) is 0.385. The lowest BCUT2D eigenvalue weighted by Gasteiger charge is -2.19. The average Bonchev–Trinajstić information content (AvgIpc) is 2.70. The van der Waals surface area contributed by atoms with Gasteiger partial charge in [0.2, 0.25) is 5.91 Å². The van der Waals surface area contributed by atoms with E-state index in [4.69, 9.17) is 11.6 Å². The third kappa shape index (κ3) is 2.59. The third-order valence-electron chi connectivity index (χ3n) is 3.05. The van der Waals surface area contributed by atoms with Crippen molar-refractivity contribution in [2.45, 2.75) is 13.3 Å². The van der Waals surface area contributed by atoms with Gasteiger partial charge in [0.15, 0.2) is 5.78 Å². The first-order valence-electron chi connectivity index (χ1n) is 5.69. The van der Waals surface area contributed by atoms with E-state index >= 15 is 0 Å². The molecule has 1 heterocycles. The molecule has 18 heavy (non-hydrogen) atoms. The molecule has 5 heteroatoms. The molecule has 1 unspecified atom stereocenters. The molecule has 1 aromatic rings. The van der Waals surface area contributed by atoms with E-state index in [2.05, 4.69) is 15.9 Å². The number of ketones is 1. The second kappa shape index (κ2) is 5.41. The number of benzene rings is 1. The molecule has 0 bridgehead atoms. The Morgan fingerprint density at radius 3 is 2.83 bits per heavy atom. The first-order valence-corrected chi connectivity index (χ1v) is 7.19. The number of rotatable bonds is 3. The summed E-state index contributed by atoms with van der Waals surface area (Å²) < 4.78 is 0. The minimum Gasteiger partial charge on any atom is -0.311 e. The summed E-state index contributed by atoms with van der Waals surface area (Å²) in [6, 6.07) is 5.07. The van der Waals surface area contributed by atoms with Crippen LogP contribution in [0.15, 0.2) is 18.2 Å². The fourth-order valence-electron chi connectivity index (χ4n) is 2.14. The summed E-state index contributed by atoms with van der Waals surface area (Å²) >= 11 is 9.29. The summed E-state index contributed by atoms with van der Waals surface area (Å²) in [7, 11) is 0. The second-order valence-corrected chi connectivity index (χ2v) is 5.53. The van der Waals surface area contributed by atoms with Gasteiger partial charge in [-0.05, 0) is 31.0 Å². The fourth-order valence-corrected chi connectivity index (χ4v) is 2.75. The van der Waals surface area contributed by atoms with Gasteiger partial charge >= 0.3 is 0 Å². The molecule has 0 aliphatic carbocycles. The third-order valence-corrected chi connectivity index (χ3v) is 4.20. The SMILES string of the molecule is CC(=O)c1cc(Cl)ccc1N1CC(CBr)CC1=O. The monoisotopic (exact) mass is 329 g/mol. The van der Waals surface area contributed by atoms with Crippen molar-refractivity contribution in [2.75, 3.05) is 16.8 Å². The molecule has 1 saturated heterocycles. The predicted molar refractivity (Wildman–Crippen MR) is 75.7 cm³/mol. The van der Waals surface area contributed by atoms with E-state index < -0.39 is 0 Å². The molecule has 1 amide bonds. The van der Waals surface area contributed by atoms with Crippen LogP contribution in [0.2, 0.25) is 5.02 Å². The zero-order valence-corrected chi connectivity index (χ0v) is 12.3. The van der Waals surface area contributed by atoms with Crippen LogP contribution in [0.1, 0.15) is 23.7 Å². The molecule has 0 radical (unpaired) electrons. The highest BCUT2D eigenvalue weighted by atomic mass is 79.9. The largest absolute Gasteiger partial charge is 0.311 e. The quantitative estimate of drug-likeness (QED) is 0.630. The topological polar surface area (TPSA) is 37.4 Å². The minimum absolute atomic E-state index is 0.0595. The van der Waals surface area contributed by atoms with Crippen LogP contribution < -0.4 is 4.90 Å². The maximum absolute atomic E-state index is 12.0. The lowest BCUT2D eigenvalue weighted by molar-refractivity contribution is -0.117. The summed E-state index contributed by atoms with van der Waals surface area (Å²) in [5.41, 5.74) is 1.17. The number of Topliss-reactive ketones (excluding diaryl/α,β-unsaturated/α-hetero) is 1. The summed E-state index contributed by atoms with van der Waals surface area (Å²) in [5, 5.41) is 1.30. The molecule has 1 aromatic carbocycles. The lowest BCUT2D eigenvalue weighted by Crippen LogP contribution is -2.26. The molecule has 1 aliphatic rings. The van der Waals surface area contributed by atoms with Crippen LogP contribution in [0, 0.1) is 5.92 Å². The Kier molecular flexibility index (Phi) is 4.07. The van der Waals surface area contributed by atoms with Gasteiger partial charge < -0.3 is 4.90 Å². The van der Waals surface area contributed by atoms with Crippen LogP contribution >= 0.6 is 27.5 Å². The summed E-state index contributed by atoms with van der Waals surface area (Å²) in [6.07, 6.45) is 0.519. The minimum atomic E-state index is -0.0809. The Balaban J connectivity index is 2.39. The first kappa shape index (κ1) is 13.6. The second-order valence-electron chi connectivity index (χ2n) is 4.45. The predicted octanol–water partition coefficient (Wildman–Crippen LogP) is 3.29. The summed E-state index contributed by atoms with van der Waals surface area (Å²) in [4.78, 5) is 25.3. The van der Waals surface area contributed by atoms with Crippen molar-refractivity contribution in [3.63, 3.8) is 0 Å². The van der Waals surface area contributed by atoms with E-state index in [9.17, 15) is 9.59 Å². The summed E-state index contributed by atoms with van der Waals surface area (Å²) in [5.74, 6) is 0.278. The molecule has 1 fully saturated rings. The Labute approximate surface area is 119 Å². The molecular formula is C13H13BrClNO2. The number of anilines is 1. The Morgan fingerprint density at radius 1 is 1.56 bits per heavy atom. The molecule has 0 aromatic heterocycles. The number of amides is 1. The summed E-state index contributed by atoms with van der Waals surface area (Å²) in [6.45, 7) is 2.13. The van der Waals surface area contributed by atoms with E-state index in [1.165, 1.54) is 6.92 Å². The van der Waals surface area contributed by atoms with Crippen LogP contribution in [0.5, 0.6) is 0 Å².